The molecule has 1 saturated heterocycles. The average molecular weight is 379 g/mol. The first kappa shape index (κ1) is 21.6. The fourth-order valence-corrected chi connectivity index (χ4v) is 3.08. The third-order valence-corrected chi connectivity index (χ3v) is 4.93. The summed E-state index contributed by atoms with van der Waals surface area (Å²) in [5.41, 5.74) is 0. The van der Waals surface area contributed by atoms with Crippen LogP contribution < -0.4 is 4.57 Å². The molecule has 2 rings (SSSR count). The summed E-state index contributed by atoms with van der Waals surface area (Å²) in [6.07, 6.45) is 3.02. The lowest BCUT2D eigenvalue weighted by Crippen LogP contribution is -2.38. The lowest BCUT2D eigenvalue weighted by atomic mass is 9.93. The quantitative estimate of drug-likeness (QED) is 0.241. The molecule has 1 aliphatic heterocycles. The summed E-state index contributed by atoms with van der Waals surface area (Å²) in [4.78, 5) is 23.9. The molecule has 0 amide bonds. The van der Waals surface area contributed by atoms with Gasteiger partial charge in [-0.25, -0.2) is 9.13 Å². The van der Waals surface area contributed by atoms with Crippen LogP contribution in [-0.2, 0) is 32.7 Å². The minimum absolute atomic E-state index is 0.000337. The lowest BCUT2D eigenvalue weighted by Gasteiger charge is -2.19. The van der Waals surface area contributed by atoms with Gasteiger partial charge in [-0.05, 0) is 12.8 Å². The highest BCUT2D eigenvalue weighted by Crippen LogP contribution is 2.22. The van der Waals surface area contributed by atoms with Gasteiger partial charge in [0, 0.05) is 25.8 Å². The van der Waals surface area contributed by atoms with E-state index in [1.54, 1.807) is 0 Å². The molecule has 2 N–H and O–H groups in total. The second-order valence-electron chi connectivity index (χ2n) is 6.91. The minimum Gasteiger partial charge on any atom is -0.457 e. The van der Waals surface area contributed by atoms with Crippen LogP contribution in [0, 0.1) is 6.92 Å². The summed E-state index contributed by atoms with van der Waals surface area (Å²) in [7, 11) is 7.51. The van der Waals surface area contributed by atoms with Crippen molar-refractivity contribution in [1.29, 1.82) is 0 Å². The Kier molecular flexibility index (Phi) is 8.00. The number of imidazole rings is 1. The first-order valence-corrected chi connectivity index (χ1v) is 9.26. The zero-order chi connectivity index (χ0) is 20.0. The van der Waals surface area contributed by atoms with Crippen molar-refractivity contribution in [2.24, 2.45) is 7.05 Å². The second kappa shape index (κ2) is 10.0. The summed E-state index contributed by atoms with van der Waals surface area (Å²) in [6, 6.07) is -1.01. The molecule has 0 aliphatic carbocycles. The molecular formula is C18H28BN2O6+. The van der Waals surface area contributed by atoms with Crippen LogP contribution in [0.4, 0.5) is 0 Å². The zero-order valence-corrected chi connectivity index (χ0v) is 15.9. The van der Waals surface area contributed by atoms with E-state index in [-0.39, 0.29) is 18.6 Å². The molecule has 0 saturated carbocycles. The Balaban J connectivity index is 1.63. The predicted molar refractivity (Wildman–Crippen MR) is 95.8 cm³/mol. The van der Waals surface area contributed by atoms with Gasteiger partial charge >= 0.3 is 5.97 Å². The highest BCUT2D eigenvalue weighted by atomic mass is 16.6. The summed E-state index contributed by atoms with van der Waals surface area (Å²) < 4.78 is 14.4. The van der Waals surface area contributed by atoms with Crippen LogP contribution in [0.15, 0.2) is 12.4 Å². The van der Waals surface area contributed by atoms with Gasteiger partial charge in [-0.3, -0.25) is 9.59 Å². The van der Waals surface area contributed by atoms with Crippen molar-refractivity contribution in [1.82, 2.24) is 4.57 Å². The monoisotopic (exact) mass is 379 g/mol. The molecule has 0 aromatic carbocycles. The van der Waals surface area contributed by atoms with Gasteiger partial charge in [0.05, 0.1) is 26.6 Å². The largest absolute Gasteiger partial charge is 0.457 e. The average Bonchev–Trinajstić information content (AvgIpc) is 3.10. The summed E-state index contributed by atoms with van der Waals surface area (Å²) in [5.74, 6) is 0.544. The van der Waals surface area contributed by atoms with Gasteiger partial charge in [0.1, 0.15) is 38.2 Å². The number of hydrogen-bond donors (Lipinski definition) is 2. The molecule has 2 heterocycles. The number of carbonyl (C=O) groups is 2. The maximum absolute atomic E-state index is 12.0. The summed E-state index contributed by atoms with van der Waals surface area (Å²) in [6.45, 7) is 2.47. The maximum Gasteiger partial charge on any atom is 0.306 e. The third kappa shape index (κ3) is 5.89. The van der Waals surface area contributed by atoms with Crippen LogP contribution >= 0.6 is 0 Å². The fraction of sp³-hybridized carbons (Fsp3) is 0.722. The number of aliphatic hydroxyl groups is 2. The SMILES string of the molecule is [B][C@@H]1O[C@H](CO)C(OC(=O)CCC(=O)CCCCn2cc[n+](C)c2C)[C@@H]1O. The zero-order valence-electron chi connectivity index (χ0n) is 15.9. The molecule has 0 bridgehead atoms. The fourth-order valence-electron chi connectivity index (χ4n) is 3.08. The Bertz CT molecular complexity index is 650. The molecule has 1 unspecified atom stereocenters. The van der Waals surface area contributed by atoms with Crippen molar-refractivity contribution in [3.63, 3.8) is 0 Å². The number of aryl methyl sites for hydroxylation is 2. The Morgan fingerprint density at radius 3 is 2.70 bits per heavy atom. The highest BCUT2D eigenvalue weighted by molar-refractivity contribution is 6.11. The molecule has 0 spiro atoms. The number of ketones is 1. The molecule has 1 aliphatic rings. The van der Waals surface area contributed by atoms with Crippen LogP contribution in [0.3, 0.4) is 0 Å². The van der Waals surface area contributed by atoms with E-state index in [9.17, 15) is 19.8 Å². The number of esters is 1. The summed E-state index contributed by atoms with van der Waals surface area (Å²) in [5, 5.41) is 19.0. The molecule has 2 radical (unpaired) electrons. The number of unbranched alkanes of at least 4 members (excludes halogenated alkanes) is 1. The first-order chi connectivity index (χ1) is 12.8. The number of hydrogen-bond acceptors (Lipinski definition) is 6. The number of Topliss-reactive ketones (excluding diaryl/α,β-unsaturated/α-hetero) is 1. The van der Waals surface area contributed by atoms with Crippen molar-refractivity contribution >= 4 is 19.6 Å². The van der Waals surface area contributed by atoms with E-state index in [1.165, 1.54) is 0 Å². The van der Waals surface area contributed by atoms with Crippen LogP contribution in [0.1, 0.15) is 37.9 Å². The standard InChI is InChI=1S/C18H28BN2O6/c1-12-20(2)9-10-21(12)8-4-3-5-13(23)6-7-15(24)27-17-14(11-22)26-18(19)16(17)25/h9-10,14,16-18,22,25H,3-8,11H2,1-2H3/q+1/t14-,16+,17?,18-/m1/s1. The molecule has 4 atom stereocenters. The van der Waals surface area contributed by atoms with Gasteiger partial charge in [0.15, 0.2) is 6.10 Å². The smallest absolute Gasteiger partial charge is 0.306 e. The van der Waals surface area contributed by atoms with E-state index in [0.29, 0.717) is 6.42 Å². The van der Waals surface area contributed by atoms with Crippen LogP contribution in [0.2, 0.25) is 0 Å². The van der Waals surface area contributed by atoms with Gasteiger partial charge in [-0.1, -0.05) is 0 Å². The van der Waals surface area contributed by atoms with Crippen LogP contribution in [0.5, 0.6) is 0 Å². The van der Waals surface area contributed by atoms with Gasteiger partial charge in [-0.2, -0.15) is 0 Å². The summed E-state index contributed by atoms with van der Waals surface area (Å²) >= 11 is 0. The van der Waals surface area contributed by atoms with Gasteiger partial charge in [0.25, 0.3) is 5.82 Å². The predicted octanol–water partition coefficient (Wildman–Crippen LogP) is -0.701. The van der Waals surface area contributed by atoms with Gasteiger partial charge in [0.2, 0.25) is 0 Å². The van der Waals surface area contributed by atoms with E-state index < -0.39 is 36.9 Å². The van der Waals surface area contributed by atoms with E-state index in [4.69, 9.17) is 17.3 Å². The van der Waals surface area contributed by atoms with Crippen molar-refractivity contribution in [3.05, 3.63) is 18.2 Å². The van der Waals surface area contributed by atoms with Gasteiger partial charge < -0.3 is 19.7 Å². The molecule has 9 heteroatoms. The second-order valence-corrected chi connectivity index (χ2v) is 6.91. The van der Waals surface area contributed by atoms with Crippen molar-refractivity contribution in [2.75, 3.05) is 6.61 Å². The minimum atomic E-state index is -1.19. The number of carbonyl (C=O) groups excluding carboxylic acids is 2. The normalized spacial score (nSPS) is 24.9. The topological polar surface area (TPSA) is 102 Å². The van der Waals surface area contributed by atoms with E-state index >= 15 is 0 Å². The lowest BCUT2D eigenvalue weighted by molar-refractivity contribution is -0.677. The molecule has 1 fully saturated rings. The molecular weight excluding hydrogens is 351 g/mol. The van der Waals surface area contributed by atoms with E-state index in [0.717, 1.165) is 25.2 Å². The van der Waals surface area contributed by atoms with Crippen molar-refractivity contribution in [2.45, 2.75) is 69.9 Å². The van der Waals surface area contributed by atoms with Gasteiger partial charge in [-0.15, -0.1) is 0 Å². The Labute approximate surface area is 160 Å². The van der Waals surface area contributed by atoms with Crippen molar-refractivity contribution in [3.8, 4) is 0 Å². The van der Waals surface area contributed by atoms with Crippen molar-refractivity contribution < 1.29 is 33.8 Å². The molecule has 8 nitrogen and oxygen atoms in total. The molecule has 1 aromatic heterocycles. The Morgan fingerprint density at radius 1 is 1.33 bits per heavy atom. The van der Waals surface area contributed by atoms with Crippen LogP contribution in [0.25, 0.3) is 0 Å². The van der Waals surface area contributed by atoms with E-state index in [1.807, 2.05) is 30.9 Å². The molecule has 148 valence electrons. The van der Waals surface area contributed by atoms with Crippen LogP contribution in [-0.4, -0.2) is 65.3 Å². The number of ether oxygens (including phenoxy) is 2. The Hall–Kier alpha value is -1.71. The number of aromatic nitrogens is 2. The molecule has 1 aromatic rings. The number of rotatable bonds is 10. The molecule has 27 heavy (non-hydrogen) atoms. The Morgan fingerprint density at radius 2 is 2.07 bits per heavy atom. The number of nitrogens with zero attached hydrogens (tertiary/aromatic N) is 2. The maximum atomic E-state index is 12.0. The van der Waals surface area contributed by atoms with E-state index in [2.05, 4.69) is 4.57 Å². The number of aliphatic hydroxyl groups excluding tert-OH is 2. The third-order valence-electron chi connectivity index (χ3n) is 4.93. The highest BCUT2D eigenvalue weighted by Gasteiger charge is 2.43. The first-order valence-electron chi connectivity index (χ1n) is 9.26.